The van der Waals surface area contributed by atoms with Crippen molar-refractivity contribution in [3.8, 4) is 17.2 Å². The number of rotatable bonds is 5. The first kappa shape index (κ1) is 17.6. The van der Waals surface area contributed by atoms with Gasteiger partial charge < -0.3 is 18.9 Å². The fraction of sp³-hybridized carbons (Fsp3) is 0.579. The molecule has 6 heteroatoms. The summed E-state index contributed by atoms with van der Waals surface area (Å²) in [6.07, 6.45) is 0.432. The number of carbonyl (C=O) groups is 2. The standard InChI is InChI=1S/C19H24O6/c1-6-24-17(20)19-9-12(10(2)3)16(19)15-13(23-5)7-11(22-4)8-14(15)25-18(19)21/h7-8,10,12,16H,6,9H2,1-5H3/t12-,16+,19+/m1/s1. The van der Waals surface area contributed by atoms with E-state index in [4.69, 9.17) is 18.9 Å². The molecule has 0 spiro atoms. The molecule has 3 atom stereocenters. The Morgan fingerprint density at radius 1 is 1.32 bits per heavy atom. The molecule has 136 valence electrons. The molecule has 1 aromatic carbocycles. The summed E-state index contributed by atoms with van der Waals surface area (Å²) in [5.41, 5.74) is -0.527. The van der Waals surface area contributed by atoms with Crippen LogP contribution in [0.4, 0.5) is 0 Å². The quantitative estimate of drug-likeness (QED) is 0.463. The van der Waals surface area contributed by atoms with Crippen LogP contribution >= 0.6 is 0 Å². The van der Waals surface area contributed by atoms with Gasteiger partial charge in [0.15, 0.2) is 5.41 Å². The van der Waals surface area contributed by atoms with E-state index in [0.29, 0.717) is 29.6 Å². The molecule has 0 saturated heterocycles. The molecular formula is C19H24O6. The molecule has 0 amide bonds. The Kier molecular flexibility index (Phi) is 4.39. The van der Waals surface area contributed by atoms with Gasteiger partial charge in [-0.05, 0) is 25.2 Å². The zero-order chi connectivity index (χ0) is 18.4. The van der Waals surface area contributed by atoms with Crippen molar-refractivity contribution in [3.05, 3.63) is 17.7 Å². The average Bonchev–Trinajstić information content (AvgIpc) is 2.54. The van der Waals surface area contributed by atoms with Crippen molar-refractivity contribution in [1.29, 1.82) is 0 Å². The molecule has 0 N–H and O–H groups in total. The predicted octanol–water partition coefficient (Wildman–Crippen LogP) is 2.93. The highest BCUT2D eigenvalue weighted by molar-refractivity contribution is 6.05. The minimum atomic E-state index is -1.28. The van der Waals surface area contributed by atoms with Crippen LogP contribution < -0.4 is 14.2 Å². The topological polar surface area (TPSA) is 71.1 Å². The van der Waals surface area contributed by atoms with Crippen LogP contribution in [-0.4, -0.2) is 32.8 Å². The fourth-order valence-electron chi connectivity index (χ4n) is 4.11. The largest absolute Gasteiger partial charge is 0.496 e. The minimum Gasteiger partial charge on any atom is -0.496 e. The molecule has 1 aliphatic carbocycles. The lowest BCUT2D eigenvalue weighted by Crippen LogP contribution is -2.61. The maximum Gasteiger partial charge on any atom is 0.329 e. The number of esters is 2. The van der Waals surface area contributed by atoms with Crippen LogP contribution in [0.2, 0.25) is 0 Å². The molecule has 1 aromatic rings. The smallest absolute Gasteiger partial charge is 0.329 e. The third kappa shape index (κ3) is 2.38. The Labute approximate surface area is 147 Å². The Morgan fingerprint density at radius 2 is 2.04 bits per heavy atom. The Bertz CT molecular complexity index is 710. The SMILES string of the molecule is CCOC(=O)[C@]12C[C@H](C(C)C)[C@H]1c1c(OC)cc(OC)cc1OC2=O. The summed E-state index contributed by atoms with van der Waals surface area (Å²) < 4.78 is 21.6. The highest BCUT2D eigenvalue weighted by Crippen LogP contribution is 2.66. The van der Waals surface area contributed by atoms with E-state index in [1.807, 2.05) is 0 Å². The molecule has 0 aromatic heterocycles. The van der Waals surface area contributed by atoms with Gasteiger partial charge in [-0.15, -0.1) is 0 Å². The predicted molar refractivity (Wildman–Crippen MR) is 89.9 cm³/mol. The van der Waals surface area contributed by atoms with E-state index >= 15 is 0 Å². The fourth-order valence-corrected chi connectivity index (χ4v) is 4.11. The second-order valence-corrected chi connectivity index (χ2v) is 6.91. The molecule has 25 heavy (non-hydrogen) atoms. The van der Waals surface area contributed by atoms with E-state index < -0.39 is 17.4 Å². The monoisotopic (exact) mass is 348 g/mol. The summed E-state index contributed by atoms with van der Waals surface area (Å²) in [6, 6.07) is 3.42. The molecule has 1 aliphatic heterocycles. The van der Waals surface area contributed by atoms with E-state index in [2.05, 4.69) is 13.8 Å². The summed E-state index contributed by atoms with van der Waals surface area (Å²) in [6.45, 7) is 6.14. The number of methoxy groups -OCH3 is 2. The van der Waals surface area contributed by atoms with E-state index in [0.717, 1.165) is 5.56 Å². The molecule has 1 saturated carbocycles. The van der Waals surface area contributed by atoms with Crippen molar-refractivity contribution in [2.45, 2.75) is 33.1 Å². The molecule has 1 fully saturated rings. The number of hydrogen-bond acceptors (Lipinski definition) is 6. The number of carbonyl (C=O) groups excluding carboxylic acids is 2. The summed E-state index contributed by atoms with van der Waals surface area (Å²) in [5, 5.41) is 0. The lowest BCUT2D eigenvalue weighted by Gasteiger charge is -2.55. The summed E-state index contributed by atoms with van der Waals surface area (Å²) in [7, 11) is 3.09. The van der Waals surface area contributed by atoms with Crippen LogP contribution in [0, 0.1) is 17.3 Å². The third-order valence-corrected chi connectivity index (χ3v) is 5.42. The van der Waals surface area contributed by atoms with Crippen LogP contribution in [-0.2, 0) is 14.3 Å². The molecule has 6 nitrogen and oxygen atoms in total. The first-order valence-electron chi connectivity index (χ1n) is 8.56. The molecule has 1 heterocycles. The van der Waals surface area contributed by atoms with Gasteiger partial charge in [0.2, 0.25) is 0 Å². The molecule has 0 radical (unpaired) electrons. The zero-order valence-electron chi connectivity index (χ0n) is 15.3. The Balaban J connectivity index is 2.18. The van der Waals surface area contributed by atoms with E-state index in [-0.39, 0.29) is 18.4 Å². The molecule has 0 unspecified atom stereocenters. The van der Waals surface area contributed by atoms with Crippen molar-refractivity contribution in [2.24, 2.45) is 17.3 Å². The van der Waals surface area contributed by atoms with Crippen molar-refractivity contribution in [2.75, 3.05) is 20.8 Å². The molecule has 0 bridgehead atoms. The normalized spacial score (nSPS) is 26.9. The average molecular weight is 348 g/mol. The van der Waals surface area contributed by atoms with Crippen LogP contribution in [0.25, 0.3) is 0 Å². The van der Waals surface area contributed by atoms with Crippen LogP contribution in [0.1, 0.15) is 38.7 Å². The first-order chi connectivity index (χ1) is 11.9. The van der Waals surface area contributed by atoms with Crippen molar-refractivity contribution >= 4 is 11.9 Å². The van der Waals surface area contributed by atoms with Crippen LogP contribution in [0.5, 0.6) is 17.2 Å². The van der Waals surface area contributed by atoms with E-state index in [1.54, 1.807) is 26.2 Å². The number of fused-ring (bicyclic) bond motifs is 3. The maximum atomic E-state index is 12.8. The van der Waals surface area contributed by atoms with Gasteiger partial charge in [-0.25, -0.2) is 0 Å². The number of ether oxygens (including phenoxy) is 4. The summed E-state index contributed by atoms with van der Waals surface area (Å²) >= 11 is 0. The lowest BCUT2D eigenvalue weighted by molar-refractivity contribution is -0.186. The first-order valence-corrected chi connectivity index (χ1v) is 8.56. The van der Waals surface area contributed by atoms with Gasteiger partial charge >= 0.3 is 11.9 Å². The Morgan fingerprint density at radius 3 is 2.60 bits per heavy atom. The Hall–Kier alpha value is -2.24. The lowest BCUT2D eigenvalue weighted by atomic mass is 9.48. The van der Waals surface area contributed by atoms with Gasteiger partial charge in [-0.2, -0.15) is 0 Å². The summed E-state index contributed by atoms with van der Waals surface area (Å²) in [4.78, 5) is 25.5. The van der Waals surface area contributed by atoms with Crippen molar-refractivity contribution in [1.82, 2.24) is 0 Å². The summed E-state index contributed by atoms with van der Waals surface area (Å²) in [5.74, 6) is 0.593. The maximum absolute atomic E-state index is 12.8. The van der Waals surface area contributed by atoms with Crippen LogP contribution in [0.15, 0.2) is 12.1 Å². The number of hydrogen-bond donors (Lipinski definition) is 0. The van der Waals surface area contributed by atoms with Gasteiger partial charge in [0.05, 0.1) is 20.8 Å². The van der Waals surface area contributed by atoms with Gasteiger partial charge in [-0.3, -0.25) is 9.59 Å². The van der Waals surface area contributed by atoms with Gasteiger partial charge in [0.25, 0.3) is 0 Å². The zero-order valence-corrected chi connectivity index (χ0v) is 15.3. The van der Waals surface area contributed by atoms with Crippen molar-refractivity contribution < 1.29 is 28.5 Å². The molecule has 2 aliphatic rings. The third-order valence-electron chi connectivity index (χ3n) is 5.42. The molecule has 3 rings (SSSR count). The van der Waals surface area contributed by atoms with Gasteiger partial charge in [0, 0.05) is 23.6 Å². The second-order valence-electron chi connectivity index (χ2n) is 6.91. The number of benzene rings is 1. The highest BCUT2D eigenvalue weighted by Gasteiger charge is 2.69. The molecular weight excluding hydrogens is 324 g/mol. The highest BCUT2D eigenvalue weighted by atomic mass is 16.6. The van der Waals surface area contributed by atoms with Gasteiger partial charge in [-0.1, -0.05) is 13.8 Å². The van der Waals surface area contributed by atoms with Crippen LogP contribution in [0.3, 0.4) is 0 Å². The van der Waals surface area contributed by atoms with E-state index in [9.17, 15) is 9.59 Å². The van der Waals surface area contributed by atoms with Crippen molar-refractivity contribution in [3.63, 3.8) is 0 Å². The minimum absolute atomic E-state index is 0.165. The van der Waals surface area contributed by atoms with Gasteiger partial charge in [0.1, 0.15) is 17.2 Å². The van der Waals surface area contributed by atoms with E-state index in [1.165, 1.54) is 7.11 Å². The second kappa shape index (κ2) is 6.24.